The van der Waals surface area contributed by atoms with Crippen molar-refractivity contribution >= 4 is 17.6 Å². The molecule has 0 amide bonds. The van der Waals surface area contributed by atoms with Crippen molar-refractivity contribution in [3.63, 3.8) is 0 Å². The Morgan fingerprint density at radius 1 is 1.06 bits per heavy atom. The number of unbranched alkanes of at least 4 members (excludes halogenated alkanes) is 1. The molecule has 3 rings (SSSR count). The van der Waals surface area contributed by atoms with Gasteiger partial charge in [-0.1, -0.05) is 18.2 Å². The molecule has 2 unspecified atom stereocenters. The quantitative estimate of drug-likeness (QED) is 0.0887. The van der Waals surface area contributed by atoms with Gasteiger partial charge in [-0.05, 0) is 65.3 Å². The van der Waals surface area contributed by atoms with E-state index in [1.807, 2.05) is 18.2 Å². The van der Waals surface area contributed by atoms with Gasteiger partial charge in [-0.2, -0.15) is 13.2 Å². The molecule has 1 aliphatic heterocycles. The predicted molar refractivity (Wildman–Crippen MR) is 168 cm³/mol. The van der Waals surface area contributed by atoms with E-state index in [1.165, 1.54) is 33.8 Å². The number of nitrogens with zero attached hydrogens (tertiary/aromatic N) is 1. The van der Waals surface area contributed by atoms with Gasteiger partial charge in [-0.15, -0.1) is 0 Å². The number of carbonyl (C=O) groups excluding carboxylic acids is 2. The normalized spacial score (nSPS) is 15.6. The molecule has 0 fully saturated rings. The second-order valence-electron chi connectivity index (χ2n) is 11.1. The Bertz CT molecular complexity index is 1490. The lowest BCUT2D eigenvalue weighted by atomic mass is 9.79. The smallest absolute Gasteiger partial charge is 0.431 e. The maximum Gasteiger partial charge on any atom is 0.431 e. The molecule has 262 valence electrons. The van der Waals surface area contributed by atoms with Gasteiger partial charge in [0.25, 0.3) is 5.69 Å². The fraction of sp³-hybridized carbons (Fsp3) is 0.455. The lowest BCUT2D eigenvalue weighted by Gasteiger charge is -2.33. The molecule has 12 nitrogen and oxygen atoms in total. The third kappa shape index (κ3) is 10.4. The van der Waals surface area contributed by atoms with E-state index in [0.29, 0.717) is 25.1 Å². The molecule has 0 spiro atoms. The number of halogens is 3. The minimum Gasteiger partial charge on any atom is -0.493 e. The van der Waals surface area contributed by atoms with Crippen molar-refractivity contribution in [2.75, 3.05) is 32.9 Å². The van der Waals surface area contributed by atoms with Gasteiger partial charge in [0.15, 0.2) is 0 Å². The number of hydrogen-bond donors (Lipinski definition) is 3. The first kappa shape index (κ1) is 37.8. The van der Waals surface area contributed by atoms with E-state index in [-0.39, 0.29) is 48.9 Å². The number of rotatable bonds is 17. The van der Waals surface area contributed by atoms with Crippen molar-refractivity contribution in [1.82, 2.24) is 10.6 Å². The molecular formula is C33H40F3N3O9. The average molecular weight is 680 g/mol. The number of aliphatic hydroxyl groups excluding tert-OH is 1. The highest BCUT2D eigenvalue weighted by molar-refractivity contribution is 6.00. The van der Waals surface area contributed by atoms with Crippen LogP contribution in [0.3, 0.4) is 0 Å². The number of nitro benzene ring substituents is 1. The monoisotopic (exact) mass is 679 g/mol. The summed E-state index contributed by atoms with van der Waals surface area (Å²) in [6.45, 7) is 6.31. The molecule has 1 heterocycles. The van der Waals surface area contributed by atoms with E-state index in [1.54, 1.807) is 12.1 Å². The molecule has 0 saturated heterocycles. The Hall–Kier alpha value is -4.63. The number of aliphatic hydroxyl groups is 1. The first-order valence-corrected chi connectivity index (χ1v) is 15.4. The SMILES string of the molecule is CCOC(=O)C1=C(C(F)(F)F)NC(C)=C(C(=O)OC(C)C)C1c1cc([N+](=O)[O-])ccc1OCCCCNCC(O)COc1ccccc1. The summed E-state index contributed by atoms with van der Waals surface area (Å²) < 4.78 is 64.9. The number of carbonyl (C=O) groups is 2. The molecule has 2 aromatic carbocycles. The van der Waals surface area contributed by atoms with Crippen LogP contribution < -0.4 is 20.1 Å². The molecule has 2 atom stereocenters. The third-order valence-electron chi connectivity index (χ3n) is 6.99. The number of hydrogen-bond acceptors (Lipinski definition) is 11. The summed E-state index contributed by atoms with van der Waals surface area (Å²) in [5, 5.41) is 27.2. The van der Waals surface area contributed by atoms with Crippen molar-refractivity contribution in [2.45, 2.75) is 64.8 Å². The molecule has 0 aromatic heterocycles. The number of ether oxygens (including phenoxy) is 4. The highest BCUT2D eigenvalue weighted by atomic mass is 19.4. The van der Waals surface area contributed by atoms with Gasteiger partial charge in [0.1, 0.15) is 29.9 Å². The molecule has 0 aliphatic carbocycles. The number of esters is 2. The molecule has 15 heteroatoms. The van der Waals surface area contributed by atoms with E-state index in [4.69, 9.17) is 18.9 Å². The maximum atomic E-state index is 14.4. The van der Waals surface area contributed by atoms with Crippen molar-refractivity contribution in [3.8, 4) is 11.5 Å². The van der Waals surface area contributed by atoms with Gasteiger partial charge >= 0.3 is 18.1 Å². The average Bonchev–Trinajstić information content (AvgIpc) is 3.02. The number of nitro groups is 1. The summed E-state index contributed by atoms with van der Waals surface area (Å²) in [6.07, 6.45) is -5.52. The van der Waals surface area contributed by atoms with Crippen LogP contribution in [0, 0.1) is 10.1 Å². The lowest BCUT2D eigenvalue weighted by Crippen LogP contribution is -2.39. The molecule has 3 N–H and O–H groups in total. The summed E-state index contributed by atoms with van der Waals surface area (Å²) >= 11 is 0. The molecule has 0 saturated carbocycles. The van der Waals surface area contributed by atoms with Crippen LogP contribution in [-0.2, 0) is 19.1 Å². The van der Waals surface area contributed by atoms with Crippen molar-refractivity contribution < 1.29 is 51.7 Å². The van der Waals surface area contributed by atoms with Crippen LogP contribution >= 0.6 is 0 Å². The van der Waals surface area contributed by atoms with Crippen LogP contribution in [0.5, 0.6) is 11.5 Å². The summed E-state index contributed by atoms with van der Waals surface area (Å²) in [7, 11) is 0. The minimum atomic E-state index is -5.09. The predicted octanol–water partition coefficient (Wildman–Crippen LogP) is 5.08. The maximum absolute atomic E-state index is 14.4. The summed E-state index contributed by atoms with van der Waals surface area (Å²) in [4.78, 5) is 37.6. The summed E-state index contributed by atoms with van der Waals surface area (Å²) in [5.41, 5.74) is -3.76. The first-order valence-electron chi connectivity index (χ1n) is 15.4. The molecular weight excluding hydrogens is 639 g/mol. The minimum absolute atomic E-state index is 0.0379. The van der Waals surface area contributed by atoms with Gasteiger partial charge in [0, 0.05) is 29.9 Å². The van der Waals surface area contributed by atoms with E-state index in [2.05, 4.69) is 10.6 Å². The Kier molecular flexibility index (Phi) is 13.8. The molecule has 1 aliphatic rings. The highest BCUT2D eigenvalue weighted by Gasteiger charge is 2.48. The zero-order chi connectivity index (χ0) is 35.4. The van der Waals surface area contributed by atoms with Gasteiger partial charge < -0.3 is 34.7 Å². The number of nitrogens with one attached hydrogen (secondary N) is 2. The van der Waals surface area contributed by atoms with Gasteiger partial charge in [0.2, 0.25) is 0 Å². The van der Waals surface area contributed by atoms with Crippen molar-refractivity contribution in [1.29, 1.82) is 0 Å². The van der Waals surface area contributed by atoms with Crippen LogP contribution in [0.4, 0.5) is 18.9 Å². The number of allylic oxidation sites excluding steroid dienone is 2. The van der Waals surface area contributed by atoms with Crippen molar-refractivity contribution in [3.05, 3.63) is 86.7 Å². The Morgan fingerprint density at radius 2 is 1.77 bits per heavy atom. The molecule has 0 bridgehead atoms. The second-order valence-corrected chi connectivity index (χ2v) is 11.1. The number of alkyl halides is 3. The lowest BCUT2D eigenvalue weighted by molar-refractivity contribution is -0.384. The Morgan fingerprint density at radius 3 is 2.40 bits per heavy atom. The van der Waals surface area contributed by atoms with E-state index in [0.717, 1.165) is 12.1 Å². The van der Waals surface area contributed by atoms with E-state index < -0.39 is 58.1 Å². The molecule has 48 heavy (non-hydrogen) atoms. The van der Waals surface area contributed by atoms with Crippen LogP contribution in [0.15, 0.2) is 71.1 Å². The standard InChI is InChI=1S/C33H40F3N3O9/c1-5-45-31(41)29-28(27(32(42)48-20(2)3)21(4)38-30(29)33(34,35)36)25-17-22(39(43)44)13-14-26(25)46-16-10-9-15-37-18-23(40)19-47-24-11-7-6-8-12-24/h6-8,11-14,17,20,23,28,37-38,40H,5,9-10,15-16,18-19H2,1-4H3. The molecule has 0 radical (unpaired) electrons. The number of dihydropyridines is 1. The second kappa shape index (κ2) is 17.5. The highest BCUT2D eigenvalue weighted by Crippen LogP contribution is 2.47. The summed E-state index contributed by atoms with van der Waals surface area (Å²) in [6, 6.07) is 12.4. The Labute approximate surface area is 276 Å². The van der Waals surface area contributed by atoms with E-state index in [9.17, 15) is 38.0 Å². The first-order chi connectivity index (χ1) is 22.7. The van der Waals surface area contributed by atoms with Crippen LogP contribution in [0.25, 0.3) is 0 Å². The van der Waals surface area contributed by atoms with Crippen LogP contribution in [-0.4, -0.2) is 73.3 Å². The van der Waals surface area contributed by atoms with Gasteiger partial charge in [-0.25, -0.2) is 9.59 Å². The van der Waals surface area contributed by atoms with Crippen molar-refractivity contribution in [2.24, 2.45) is 0 Å². The summed E-state index contributed by atoms with van der Waals surface area (Å²) in [5.74, 6) is -3.62. The number of para-hydroxylation sites is 1. The van der Waals surface area contributed by atoms with Gasteiger partial charge in [-0.3, -0.25) is 10.1 Å². The number of benzene rings is 2. The van der Waals surface area contributed by atoms with Crippen LogP contribution in [0.2, 0.25) is 0 Å². The largest absolute Gasteiger partial charge is 0.493 e. The molecule has 2 aromatic rings. The fourth-order valence-electron chi connectivity index (χ4n) is 4.92. The fourth-order valence-corrected chi connectivity index (χ4v) is 4.92. The zero-order valence-corrected chi connectivity index (χ0v) is 27.1. The zero-order valence-electron chi connectivity index (χ0n) is 27.1. The third-order valence-corrected chi connectivity index (χ3v) is 6.99. The Balaban J connectivity index is 1.85. The number of non-ortho nitro benzene ring substituents is 1. The van der Waals surface area contributed by atoms with Crippen LogP contribution in [0.1, 0.15) is 52.0 Å². The van der Waals surface area contributed by atoms with Gasteiger partial charge in [0.05, 0.1) is 41.3 Å². The topological polar surface area (TPSA) is 158 Å². The van der Waals surface area contributed by atoms with E-state index >= 15 is 0 Å².